The van der Waals surface area contributed by atoms with E-state index in [9.17, 15) is 11.7 Å². The molecular weight excluding hydrogens is 472 g/mol. The largest absolute Gasteiger partial charge is 3.00 e. The fourth-order valence-corrected chi connectivity index (χ4v) is 0. The van der Waals surface area contributed by atoms with Crippen molar-refractivity contribution in [3.05, 3.63) is 0 Å². The maximum Gasteiger partial charge on any atom is 3.00 e. The summed E-state index contributed by atoms with van der Waals surface area (Å²) in [5, 5.41) is 0. The smallest absolute Gasteiger partial charge is 0.722 e. The molecule has 16 heteroatoms. The van der Waals surface area contributed by atoms with Crippen molar-refractivity contribution in [1.82, 2.24) is 0 Å². The van der Waals surface area contributed by atoms with Crippen LogP contribution in [0.5, 0.6) is 0 Å². The van der Waals surface area contributed by atoms with E-state index in [1.54, 1.807) is 0 Å². The van der Waals surface area contributed by atoms with Crippen LogP contribution in [0.4, 0.5) is 11.7 Å². The van der Waals surface area contributed by atoms with Gasteiger partial charge in [0, 0.05) is 0 Å². The van der Waals surface area contributed by atoms with Crippen molar-refractivity contribution in [3.8, 4) is 0 Å². The summed E-state index contributed by atoms with van der Waals surface area (Å²) in [6.45, 7) is 0. The first kappa shape index (κ1) is 25.6. The third-order valence-corrected chi connectivity index (χ3v) is 0. The average Bonchev–Trinajstić information content (AvgIpc) is 1.41. The molecule has 0 aromatic carbocycles. The summed E-state index contributed by atoms with van der Waals surface area (Å²) in [7, 11) is -16.2. The van der Waals surface area contributed by atoms with Gasteiger partial charge in [-0.25, -0.2) is 25.3 Å². The van der Waals surface area contributed by atoms with Crippen molar-refractivity contribution >= 4 is 31.5 Å². The van der Waals surface area contributed by atoms with Gasteiger partial charge < -0.3 is 13.7 Å². The van der Waals surface area contributed by atoms with E-state index in [1.165, 1.54) is 0 Å². The van der Waals surface area contributed by atoms with Gasteiger partial charge in [0.15, 0.2) is 0 Å². The maximum atomic E-state index is 10.1. The molecule has 0 aliphatic carbocycles. The van der Waals surface area contributed by atoms with Crippen LogP contribution in [0.2, 0.25) is 0 Å². The quantitative estimate of drug-likeness (QED) is 0.293. The van der Waals surface area contributed by atoms with E-state index in [1.807, 2.05) is 0 Å². The van der Waals surface area contributed by atoms with Crippen LogP contribution < -0.4 is 0 Å². The molecule has 0 spiro atoms. The molecule has 0 rings (SSSR count). The van der Waals surface area contributed by atoms with Crippen molar-refractivity contribution in [3.63, 3.8) is 0 Å². The normalized spacial score (nSPS) is 10.9. The molecule has 0 radical (unpaired) electrons. The molecule has 16 heavy (non-hydrogen) atoms. The average molecular weight is 472 g/mol. The Labute approximate surface area is 118 Å². The van der Waals surface area contributed by atoms with Gasteiger partial charge in [-0.15, -0.1) is 11.7 Å². The minimum Gasteiger partial charge on any atom is -0.722 e. The zero-order chi connectivity index (χ0) is 13.5. The molecule has 0 saturated carbocycles. The first-order valence-electron chi connectivity index (χ1n) is 1.96. The van der Waals surface area contributed by atoms with Gasteiger partial charge in [0.1, 0.15) is 0 Å². The zero-order valence-electron chi connectivity index (χ0n) is 6.29. The molecule has 0 heterocycles. The summed E-state index contributed by atoms with van der Waals surface area (Å²) in [5.41, 5.74) is 0. The number of rotatable bonds is 0. The Morgan fingerprint density at radius 2 is 0.562 bits per heavy atom. The third-order valence-electron chi connectivity index (χ3n) is 0. The molecule has 0 saturated heterocycles. The molecule has 0 aromatic rings. The van der Waals surface area contributed by atoms with E-state index in [-0.39, 0.29) is 36.9 Å². The summed E-state index contributed by atoms with van der Waals surface area (Å²) in [6.07, 6.45) is 0. The van der Waals surface area contributed by atoms with E-state index in [0.717, 1.165) is 0 Å². The van der Waals surface area contributed by atoms with Crippen LogP contribution in [0.1, 0.15) is 0 Å². The molecule has 0 atom stereocenters. The molecule has 0 aromatic heterocycles. The van der Waals surface area contributed by atoms with Crippen LogP contribution in [-0.4, -0.2) is 38.9 Å². The number of hydrogen-bond acceptors (Lipinski definition) is 9. The van der Waals surface area contributed by atoms with Crippen molar-refractivity contribution in [2.45, 2.75) is 0 Å². The molecule has 0 bridgehead atoms. The number of hydrogen-bond donors (Lipinski definition) is 0. The van der Waals surface area contributed by atoms with Gasteiger partial charge in [-0.1, -0.05) is 0 Å². The molecule has 0 unspecified atom stereocenters. The molecule has 0 aliphatic rings. The summed E-state index contributed by atoms with van der Waals surface area (Å²) < 4.78 is 106. The Balaban J connectivity index is -0.0000000655. The fourth-order valence-electron chi connectivity index (χ4n) is 0. The summed E-state index contributed by atoms with van der Waals surface area (Å²) >= 11 is 0. The number of halogens is 3. The second-order valence-electron chi connectivity index (χ2n) is 1.18. The molecule has 0 amide bonds. The van der Waals surface area contributed by atoms with Crippen molar-refractivity contribution < 1.29 is 87.4 Å². The van der Waals surface area contributed by atoms with Crippen molar-refractivity contribution in [1.29, 1.82) is 0 Å². The predicted molar refractivity (Wildman–Crippen MR) is 32.4 cm³/mol. The van der Waals surface area contributed by atoms with Crippen LogP contribution in [0.3, 0.4) is 0 Å². The molecular formula is F3LuO9S3. The summed E-state index contributed by atoms with van der Waals surface area (Å²) in [6, 6.07) is 0. The van der Waals surface area contributed by atoms with Crippen molar-refractivity contribution in [2.75, 3.05) is 0 Å². The Kier molecular flexibility index (Phi) is 15.6. The minimum absolute atomic E-state index is 0. The Hall–Kier alpha value is 0.754. The van der Waals surface area contributed by atoms with Crippen LogP contribution in [0.15, 0.2) is 0 Å². The van der Waals surface area contributed by atoms with Gasteiger partial charge >= 0.3 is 36.9 Å². The van der Waals surface area contributed by atoms with Crippen LogP contribution in [0, 0.1) is 36.9 Å². The zero-order valence-corrected chi connectivity index (χ0v) is 10.4. The fraction of sp³-hybridized carbons (Fsp3) is 0. The molecule has 0 fully saturated rings. The van der Waals surface area contributed by atoms with Gasteiger partial charge in [-0.2, -0.15) is 0 Å². The standard InChI is InChI=1S/3FHO3S.Lu/c3*1-5(2,3)4;/h3*(H,2,3,4);/q;;;+3/p-3. The van der Waals surface area contributed by atoms with Gasteiger partial charge in [0.05, 0.1) is 0 Å². The molecule has 9 nitrogen and oxygen atoms in total. The molecule has 0 aliphatic heterocycles. The Bertz CT molecular complexity index is 347. The van der Waals surface area contributed by atoms with E-state index < -0.39 is 31.5 Å². The van der Waals surface area contributed by atoms with E-state index in [2.05, 4.69) is 0 Å². The molecule has 108 valence electrons. The Morgan fingerprint density at radius 1 is 0.562 bits per heavy atom. The minimum atomic E-state index is -5.42. The SMILES string of the molecule is O=S(=O)([O-])F.O=S(=O)([O-])F.O=S(=O)([O-])F.[Lu+3]. The second-order valence-corrected chi connectivity index (χ2v) is 3.54. The van der Waals surface area contributed by atoms with Crippen molar-refractivity contribution in [2.24, 2.45) is 0 Å². The Morgan fingerprint density at radius 3 is 0.562 bits per heavy atom. The van der Waals surface area contributed by atoms with Gasteiger partial charge in [-0.3, -0.25) is 0 Å². The first-order chi connectivity index (χ1) is 6.00. The van der Waals surface area contributed by atoms with Crippen LogP contribution in [-0.2, 0) is 31.5 Å². The van der Waals surface area contributed by atoms with Crippen LogP contribution in [0.25, 0.3) is 0 Å². The summed E-state index contributed by atoms with van der Waals surface area (Å²) in [4.78, 5) is 0. The topological polar surface area (TPSA) is 172 Å². The predicted octanol–water partition coefficient (Wildman–Crippen LogP) is -1.75. The van der Waals surface area contributed by atoms with Gasteiger partial charge in [-0.05, 0) is 0 Å². The third kappa shape index (κ3) is 4910. The van der Waals surface area contributed by atoms with E-state index in [0.29, 0.717) is 0 Å². The monoisotopic (exact) mass is 472 g/mol. The first-order valence-corrected chi connectivity index (χ1v) is 5.89. The van der Waals surface area contributed by atoms with Gasteiger partial charge in [0.2, 0.25) is 0 Å². The van der Waals surface area contributed by atoms with E-state index >= 15 is 0 Å². The summed E-state index contributed by atoms with van der Waals surface area (Å²) in [5.74, 6) is 0. The second kappa shape index (κ2) is 9.75. The molecule has 0 N–H and O–H groups in total. The van der Waals surface area contributed by atoms with Crippen LogP contribution >= 0.6 is 0 Å². The van der Waals surface area contributed by atoms with E-state index in [4.69, 9.17) is 38.9 Å². The van der Waals surface area contributed by atoms with Gasteiger partial charge in [0.25, 0.3) is 31.5 Å². The maximum absolute atomic E-state index is 10.1.